The first kappa shape index (κ1) is 13.8. The molecule has 0 saturated carbocycles. The number of rotatable bonds is 2. The summed E-state index contributed by atoms with van der Waals surface area (Å²) < 4.78 is 11.0. The van der Waals surface area contributed by atoms with Crippen LogP contribution in [0, 0.1) is 0 Å². The van der Waals surface area contributed by atoms with E-state index in [4.69, 9.17) is 26.8 Å². The average molecular weight is 296 g/mol. The molecular weight excluding hydrogens is 278 g/mol. The largest absolute Gasteiger partial charge is 0.376 e. The summed E-state index contributed by atoms with van der Waals surface area (Å²) in [7, 11) is 0. The van der Waals surface area contributed by atoms with Crippen molar-refractivity contribution in [2.75, 3.05) is 19.8 Å². The molecule has 0 aromatic heterocycles. The molecule has 0 bridgehead atoms. The van der Waals surface area contributed by atoms with E-state index in [0.29, 0.717) is 19.8 Å². The molecule has 20 heavy (non-hydrogen) atoms. The quantitative estimate of drug-likeness (QED) is 0.872. The van der Waals surface area contributed by atoms with Crippen molar-refractivity contribution in [3.05, 3.63) is 28.8 Å². The number of nitrogens with two attached hydrogens (primary N) is 1. The summed E-state index contributed by atoms with van der Waals surface area (Å²) in [6, 6.07) is 5.46. The molecule has 3 N–H and O–H groups in total. The lowest BCUT2D eigenvalue weighted by Gasteiger charge is -2.33. The van der Waals surface area contributed by atoms with Gasteiger partial charge in [0, 0.05) is 10.6 Å². The number of nitrogens with one attached hydrogen (secondary N) is 1. The lowest BCUT2D eigenvalue weighted by atomic mass is 10.0. The van der Waals surface area contributed by atoms with Crippen LogP contribution in [0.25, 0.3) is 0 Å². The third kappa shape index (κ3) is 2.54. The SMILES string of the molecule is CC1NC(C(N)C2COCCO2)=Nc2cccc(Cl)c21. The van der Waals surface area contributed by atoms with Gasteiger partial charge < -0.3 is 20.5 Å². The second-order valence-corrected chi connectivity index (χ2v) is 5.45. The highest BCUT2D eigenvalue weighted by Gasteiger charge is 2.30. The van der Waals surface area contributed by atoms with Gasteiger partial charge in [-0.05, 0) is 19.1 Å². The summed E-state index contributed by atoms with van der Waals surface area (Å²) in [5.74, 6) is 0.725. The Balaban J connectivity index is 1.87. The number of hydrogen-bond acceptors (Lipinski definition) is 5. The topological polar surface area (TPSA) is 68.9 Å². The zero-order valence-corrected chi connectivity index (χ0v) is 12.1. The molecule has 1 aromatic carbocycles. The van der Waals surface area contributed by atoms with Crippen molar-refractivity contribution in [3.63, 3.8) is 0 Å². The van der Waals surface area contributed by atoms with Crippen LogP contribution in [-0.2, 0) is 9.47 Å². The number of aliphatic imine (C=N–C) groups is 1. The highest BCUT2D eigenvalue weighted by atomic mass is 35.5. The molecule has 1 aromatic rings. The fraction of sp³-hybridized carbons (Fsp3) is 0.500. The average Bonchev–Trinajstić information content (AvgIpc) is 2.47. The minimum Gasteiger partial charge on any atom is -0.376 e. The number of ether oxygens (including phenoxy) is 2. The van der Waals surface area contributed by atoms with Gasteiger partial charge in [0.1, 0.15) is 11.9 Å². The molecule has 1 saturated heterocycles. The molecular formula is C14H18ClN3O2. The molecule has 0 radical (unpaired) electrons. The first-order chi connectivity index (χ1) is 9.66. The minimum absolute atomic E-state index is 0.0711. The van der Waals surface area contributed by atoms with E-state index in [0.717, 1.165) is 22.1 Å². The summed E-state index contributed by atoms with van der Waals surface area (Å²) >= 11 is 6.23. The van der Waals surface area contributed by atoms with E-state index >= 15 is 0 Å². The van der Waals surface area contributed by atoms with Gasteiger partial charge in [-0.25, -0.2) is 4.99 Å². The Labute approximate surface area is 123 Å². The molecule has 2 aliphatic heterocycles. The van der Waals surface area contributed by atoms with Gasteiger partial charge in [0.2, 0.25) is 0 Å². The van der Waals surface area contributed by atoms with Crippen LogP contribution < -0.4 is 11.1 Å². The fourth-order valence-electron chi connectivity index (χ4n) is 2.57. The molecule has 108 valence electrons. The van der Waals surface area contributed by atoms with E-state index < -0.39 is 0 Å². The Morgan fingerprint density at radius 3 is 3.05 bits per heavy atom. The van der Waals surface area contributed by atoms with Crippen LogP contribution in [0.2, 0.25) is 5.02 Å². The van der Waals surface area contributed by atoms with Crippen molar-refractivity contribution in [2.24, 2.45) is 10.7 Å². The molecule has 6 heteroatoms. The third-order valence-corrected chi connectivity index (χ3v) is 3.96. The molecule has 3 rings (SSSR count). The van der Waals surface area contributed by atoms with E-state index in [1.807, 2.05) is 25.1 Å². The lowest BCUT2D eigenvalue weighted by molar-refractivity contribution is -0.0900. The van der Waals surface area contributed by atoms with Crippen LogP contribution in [0.1, 0.15) is 18.5 Å². The molecule has 1 fully saturated rings. The number of amidine groups is 1. The zero-order chi connectivity index (χ0) is 14.1. The van der Waals surface area contributed by atoms with Crippen LogP contribution in [-0.4, -0.2) is 37.8 Å². The van der Waals surface area contributed by atoms with E-state index in [-0.39, 0.29) is 18.2 Å². The third-order valence-electron chi connectivity index (χ3n) is 3.63. The number of benzene rings is 1. The maximum Gasteiger partial charge on any atom is 0.122 e. The van der Waals surface area contributed by atoms with Crippen molar-refractivity contribution in [2.45, 2.75) is 25.1 Å². The van der Waals surface area contributed by atoms with Crippen molar-refractivity contribution in [1.29, 1.82) is 0 Å². The number of halogens is 1. The Morgan fingerprint density at radius 2 is 2.30 bits per heavy atom. The van der Waals surface area contributed by atoms with Gasteiger partial charge in [0.05, 0.1) is 37.6 Å². The Kier molecular flexibility index (Phi) is 3.94. The monoisotopic (exact) mass is 295 g/mol. The van der Waals surface area contributed by atoms with Gasteiger partial charge in [-0.1, -0.05) is 17.7 Å². The number of fused-ring (bicyclic) bond motifs is 1. The van der Waals surface area contributed by atoms with Gasteiger partial charge in [-0.2, -0.15) is 0 Å². The van der Waals surface area contributed by atoms with Crippen molar-refractivity contribution in [1.82, 2.24) is 5.32 Å². The van der Waals surface area contributed by atoms with Gasteiger partial charge in [0.25, 0.3) is 0 Å². The molecule has 0 spiro atoms. The molecule has 2 heterocycles. The van der Waals surface area contributed by atoms with E-state index in [1.54, 1.807) is 0 Å². The number of nitrogens with zero attached hydrogens (tertiary/aromatic N) is 1. The Morgan fingerprint density at radius 1 is 1.45 bits per heavy atom. The first-order valence-corrected chi connectivity index (χ1v) is 7.13. The maximum absolute atomic E-state index is 6.25. The molecule has 5 nitrogen and oxygen atoms in total. The summed E-state index contributed by atoms with van der Waals surface area (Å²) in [6.45, 7) is 3.74. The van der Waals surface area contributed by atoms with Crippen LogP contribution in [0.5, 0.6) is 0 Å². The standard InChI is InChI=1S/C14H18ClN3O2/c1-8-12-9(15)3-2-4-10(12)18-14(17-8)13(16)11-7-19-5-6-20-11/h2-4,8,11,13H,5-7,16H2,1H3,(H,17,18). The predicted octanol–water partition coefficient (Wildman–Crippen LogP) is 1.78. The highest BCUT2D eigenvalue weighted by molar-refractivity contribution is 6.31. The molecule has 0 aliphatic carbocycles. The van der Waals surface area contributed by atoms with Crippen molar-refractivity contribution < 1.29 is 9.47 Å². The molecule has 0 amide bonds. The molecule has 2 aliphatic rings. The van der Waals surface area contributed by atoms with Crippen LogP contribution >= 0.6 is 11.6 Å². The predicted molar refractivity (Wildman–Crippen MR) is 78.6 cm³/mol. The van der Waals surface area contributed by atoms with Crippen molar-refractivity contribution >= 4 is 23.1 Å². The summed E-state index contributed by atoms with van der Waals surface area (Å²) in [5.41, 5.74) is 8.12. The normalized spacial score (nSPS) is 27.2. The van der Waals surface area contributed by atoms with E-state index in [2.05, 4.69) is 10.3 Å². The second kappa shape index (κ2) is 5.69. The fourth-order valence-corrected chi connectivity index (χ4v) is 2.90. The van der Waals surface area contributed by atoms with Gasteiger partial charge in [0.15, 0.2) is 0 Å². The summed E-state index contributed by atoms with van der Waals surface area (Å²) in [4.78, 5) is 4.59. The second-order valence-electron chi connectivity index (χ2n) is 5.05. The molecule has 3 unspecified atom stereocenters. The highest BCUT2D eigenvalue weighted by Crippen LogP contribution is 2.35. The molecule has 3 atom stereocenters. The summed E-state index contributed by atoms with van der Waals surface area (Å²) in [6.07, 6.45) is -0.164. The Bertz CT molecular complexity index is 529. The van der Waals surface area contributed by atoms with Crippen LogP contribution in [0.4, 0.5) is 5.69 Å². The maximum atomic E-state index is 6.25. The minimum atomic E-state index is -0.329. The Hall–Kier alpha value is -1.14. The lowest BCUT2D eigenvalue weighted by Crippen LogP contribution is -2.53. The van der Waals surface area contributed by atoms with Crippen LogP contribution in [0.3, 0.4) is 0 Å². The van der Waals surface area contributed by atoms with Gasteiger partial charge >= 0.3 is 0 Å². The van der Waals surface area contributed by atoms with E-state index in [9.17, 15) is 0 Å². The number of hydrogen-bond donors (Lipinski definition) is 2. The van der Waals surface area contributed by atoms with Gasteiger partial charge in [-0.15, -0.1) is 0 Å². The van der Waals surface area contributed by atoms with E-state index in [1.165, 1.54) is 0 Å². The first-order valence-electron chi connectivity index (χ1n) is 6.75. The van der Waals surface area contributed by atoms with Crippen molar-refractivity contribution in [3.8, 4) is 0 Å². The van der Waals surface area contributed by atoms with Gasteiger partial charge in [-0.3, -0.25) is 0 Å². The zero-order valence-electron chi connectivity index (χ0n) is 11.3. The smallest absolute Gasteiger partial charge is 0.122 e. The summed E-state index contributed by atoms with van der Waals surface area (Å²) in [5, 5.41) is 4.03. The van der Waals surface area contributed by atoms with Crippen LogP contribution in [0.15, 0.2) is 23.2 Å².